The number of rotatable bonds is 4. The quantitative estimate of drug-likeness (QED) is 0.783. The average Bonchev–Trinajstić information content (AvgIpc) is 2.62. The second-order valence-electron chi connectivity index (χ2n) is 5.21. The van der Waals surface area contributed by atoms with Crippen molar-refractivity contribution in [3.63, 3.8) is 0 Å². The first-order valence-corrected chi connectivity index (χ1v) is 7.37. The van der Waals surface area contributed by atoms with Crippen LogP contribution in [0.4, 0.5) is 10.2 Å². The fourth-order valence-electron chi connectivity index (χ4n) is 2.54. The second kappa shape index (κ2) is 6.58. The van der Waals surface area contributed by atoms with Crippen LogP contribution in [0.2, 0.25) is 0 Å². The minimum atomic E-state index is -0.338. The Balaban J connectivity index is 2.11. The lowest BCUT2D eigenvalue weighted by molar-refractivity contribution is 0.355. The van der Waals surface area contributed by atoms with Gasteiger partial charge in [0.2, 0.25) is 0 Å². The molecule has 4 nitrogen and oxygen atoms in total. The van der Waals surface area contributed by atoms with Gasteiger partial charge in [0.05, 0.1) is 14.2 Å². The van der Waals surface area contributed by atoms with Crippen LogP contribution in [0.15, 0.2) is 54.7 Å². The molecule has 2 aromatic carbocycles. The van der Waals surface area contributed by atoms with Crippen molar-refractivity contribution in [1.29, 1.82) is 0 Å². The van der Waals surface area contributed by atoms with Gasteiger partial charge in [0.15, 0.2) is 11.5 Å². The van der Waals surface area contributed by atoms with Crippen LogP contribution < -0.4 is 15.2 Å². The van der Waals surface area contributed by atoms with Crippen LogP contribution in [-0.4, -0.2) is 19.2 Å². The Morgan fingerprint density at radius 2 is 1.62 bits per heavy atom. The molecule has 0 bridgehead atoms. The molecule has 3 rings (SSSR count). The van der Waals surface area contributed by atoms with Gasteiger partial charge in [-0.3, -0.25) is 0 Å². The first kappa shape index (κ1) is 15.8. The molecule has 122 valence electrons. The fourth-order valence-corrected chi connectivity index (χ4v) is 2.54. The van der Waals surface area contributed by atoms with Crippen LogP contribution in [0, 0.1) is 5.82 Å². The predicted molar refractivity (Wildman–Crippen MR) is 92.6 cm³/mol. The molecule has 24 heavy (non-hydrogen) atoms. The Kier molecular flexibility index (Phi) is 4.33. The third-order valence-electron chi connectivity index (χ3n) is 3.80. The van der Waals surface area contributed by atoms with Gasteiger partial charge >= 0.3 is 0 Å². The highest BCUT2D eigenvalue weighted by molar-refractivity contribution is 5.80. The molecular weight excluding hydrogens is 307 g/mol. The summed E-state index contributed by atoms with van der Waals surface area (Å²) >= 11 is 0. The Bertz CT molecular complexity index is 881. The van der Waals surface area contributed by atoms with E-state index >= 15 is 0 Å². The summed E-state index contributed by atoms with van der Waals surface area (Å²) in [4.78, 5) is 4.21. The van der Waals surface area contributed by atoms with Gasteiger partial charge in [0.25, 0.3) is 0 Å². The topological polar surface area (TPSA) is 57.4 Å². The molecule has 0 aliphatic rings. The van der Waals surface area contributed by atoms with Crippen LogP contribution in [0.1, 0.15) is 0 Å². The number of methoxy groups -OCH3 is 2. The van der Waals surface area contributed by atoms with Crippen molar-refractivity contribution in [2.45, 2.75) is 0 Å². The normalized spacial score (nSPS) is 10.5. The number of hydrogen-bond acceptors (Lipinski definition) is 4. The summed E-state index contributed by atoms with van der Waals surface area (Å²) < 4.78 is 24.7. The van der Waals surface area contributed by atoms with E-state index in [9.17, 15) is 4.39 Å². The number of nitrogen functional groups attached to an aromatic ring is 1. The Morgan fingerprint density at radius 1 is 0.875 bits per heavy atom. The Labute approximate surface area is 139 Å². The van der Waals surface area contributed by atoms with Gasteiger partial charge in [-0.1, -0.05) is 24.3 Å². The van der Waals surface area contributed by atoms with E-state index in [4.69, 9.17) is 15.2 Å². The number of benzene rings is 2. The van der Waals surface area contributed by atoms with Crippen LogP contribution in [0.5, 0.6) is 11.5 Å². The lowest BCUT2D eigenvalue weighted by Gasteiger charge is -2.12. The maximum atomic E-state index is 14.1. The van der Waals surface area contributed by atoms with Crippen molar-refractivity contribution in [2.75, 3.05) is 20.0 Å². The fraction of sp³-hybridized carbons (Fsp3) is 0.105. The maximum absolute atomic E-state index is 14.1. The molecule has 0 radical (unpaired) electrons. The van der Waals surface area contributed by atoms with E-state index in [2.05, 4.69) is 4.98 Å². The molecule has 1 aromatic heterocycles. The van der Waals surface area contributed by atoms with E-state index in [1.54, 1.807) is 38.6 Å². The predicted octanol–water partition coefficient (Wildman–Crippen LogP) is 4.15. The van der Waals surface area contributed by atoms with Crippen molar-refractivity contribution in [3.8, 4) is 33.8 Å². The smallest absolute Gasteiger partial charge is 0.161 e. The molecular formula is C19H17FN2O2. The third kappa shape index (κ3) is 2.88. The molecule has 1 heterocycles. The first-order chi connectivity index (χ1) is 11.6. The van der Waals surface area contributed by atoms with Gasteiger partial charge in [-0.2, -0.15) is 0 Å². The molecule has 0 aliphatic heterocycles. The summed E-state index contributed by atoms with van der Waals surface area (Å²) in [7, 11) is 3.16. The van der Waals surface area contributed by atoms with Gasteiger partial charge in [-0.05, 0) is 29.8 Å². The van der Waals surface area contributed by atoms with E-state index in [0.29, 0.717) is 22.6 Å². The van der Waals surface area contributed by atoms with E-state index in [1.807, 2.05) is 24.3 Å². The number of anilines is 1. The van der Waals surface area contributed by atoms with E-state index in [0.717, 1.165) is 11.1 Å². The summed E-state index contributed by atoms with van der Waals surface area (Å²) in [5.74, 6) is 1.19. The van der Waals surface area contributed by atoms with E-state index in [-0.39, 0.29) is 11.6 Å². The molecule has 0 amide bonds. The summed E-state index contributed by atoms with van der Waals surface area (Å²) in [6, 6.07) is 13.9. The van der Waals surface area contributed by atoms with Gasteiger partial charge < -0.3 is 15.2 Å². The molecule has 5 heteroatoms. The molecule has 0 fully saturated rings. The zero-order valence-corrected chi connectivity index (χ0v) is 13.4. The average molecular weight is 324 g/mol. The van der Waals surface area contributed by atoms with Crippen molar-refractivity contribution in [2.24, 2.45) is 0 Å². The van der Waals surface area contributed by atoms with Crippen LogP contribution >= 0.6 is 0 Å². The maximum Gasteiger partial charge on any atom is 0.161 e. The number of hydrogen-bond donors (Lipinski definition) is 1. The molecule has 0 aliphatic carbocycles. The second-order valence-corrected chi connectivity index (χ2v) is 5.21. The van der Waals surface area contributed by atoms with Gasteiger partial charge in [0, 0.05) is 22.9 Å². The first-order valence-electron chi connectivity index (χ1n) is 7.37. The van der Waals surface area contributed by atoms with Gasteiger partial charge in [-0.15, -0.1) is 0 Å². The zero-order chi connectivity index (χ0) is 17.1. The monoisotopic (exact) mass is 324 g/mol. The van der Waals surface area contributed by atoms with Crippen molar-refractivity contribution < 1.29 is 13.9 Å². The standard InChI is InChI=1S/C19H17FN2O2/c1-23-17-8-7-12(10-18(17)24-2)13-9-15(19(21)22-11-13)14-5-3-4-6-16(14)20/h3-11H,1-2H3,(H2,21,22). The number of nitrogens with zero attached hydrogens (tertiary/aromatic N) is 1. The summed E-state index contributed by atoms with van der Waals surface area (Å²) in [5.41, 5.74) is 8.61. The van der Waals surface area contributed by atoms with Gasteiger partial charge in [-0.25, -0.2) is 9.37 Å². The number of ether oxygens (including phenoxy) is 2. The Morgan fingerprint density at radius 3 is 2.33 bits per heavy atom. The lowest BCUT2D eigenvalue weighted by atomic mass is 10.0. The molecule has 0 saturated heterocycles. The minimum Gasteiger partial charge on any atom is -0.493 e. The highest BCUT2D eigenvalue weighted by atomic mass is 19.1. The van der Waals surface area contributed by atoms with Crippen LogP contribution in [-0.2, 0) is 0 Å². The van der Waals surface area contributed by atoms with Gasteiger partial charge in [0.1, 0.15) is 11.6 Å². The number of nitrogens with two attached hydrogens (primary N) is 1. The summed E-state index contributed by atoms with van der Waals surface area (Å²) in [6.07, 6.45) is 1.65. The third-order valence-corrected chi connectivity index (χ3v) is 3.80. The minimum absolute atomic E-state index is 0.282. The molecule has 0 saturated carbocycles. The van der Waals surface area contributed by atoms with E-state index in [1.165, 1.54) is 6.07 Å². The highest BCUT2D eigenvalue weighted by Gasteiger charge is 2.12. The van der Waals surface area contributed by atoms with Crippen molar-refractivity contribution in [3.05, 3.63) is 60.5 Å². The van der Waals surface area contributed by atoms with Crippen LogP contribution in [0.25, 0.3) is 22.3 Å². The van der Waals surface area contributed by atoms with Crippen LogP contribution in [0.3, 0.4) is 0 Å². The number of pyridine rings is 1. The summed E-state index contributed by atoms with van der Waals surface area (Å²) in [6.45, 7) is 0. The molecule has 2 N–H and O–H groups in total. The van der Waals surface area contributed by atoms with E-state index < -0.39 is 0 Å². The number of halogens is 1. The Hall–Kier alpha value is -3.08. The molecule has 0 spiro atoms. The lowest BCUT2D eigenvalue weighted by Crippen LogP contribution is -1.97. The van der Waals surface area contributed by atoms with Crippen molar-refractivity contribution in [1.82, 2.24) is 4.98 Å². The SMILES string of the molecule is COc1ccc(-c2cnc(N)c(-c3ccccc3F)c2)cc1OC. The molecule has 0 atom stereocenters. The highest BCUT2D eigenvalue weighted by Crippen LogP contribution is 2.35. The largest absolute Gasteiger partial charge is 0.493 e. The summed E-state index contributed by atoms with van der Waals surface area (Å²) in [5, 5.41) is 0. The molecule has 0 unspecified atom stereocenters. The van der Waals surface area contributed by atoms with Crippen molar-refractivity contribution >= 4 is 5.82 Å². The number of aromatic nitrogens is 1. The molecule has 3 aromatic rings. The zero-order valence-electron chi connectivity index (χ0n) is 13.4.